The monoisotopic (exact) mass is 444 g/mol. The standard InChI is InChI=1S/C10H17NO5.C10H15NO4/c1-3-5-6-16-8(12)7-11-9(13)10(14)15-4-2;1-3-5-6-14-8-7-11-9(15-8)10(12)13-4-2/h3-7H2,1-2H3,(H,11,13);7H,3-6H2,1-2H3. The first-order chi connectivity index (χ1) is 14.9. The summed E-state index contributed by atoms with van der Waals surface area (Å²) in [5.74, 6) is -2.87. The van der Waals surface area contributed by atoms with Gasteiger partial charge in [0.1, 0.15) is 12.7 Å². The van der Waals surface area contributed by atoms with E-state index < -0.39 is 23.8 Å². The first-order valence-electron chi connectivity index (χ1n) is 10.3. The predicted molar refractivity (Wildman–Crippen MR) is 108 cm³/mol. The molecule has 31 heavy (non-hydrogen) atoms. The quantitative estimate of drug-likeness (QED) is 0.220. The molecule has 0 aliphatic carbocycles. The molecule has 11 heteroatoms. The highest BCUT2D eigenvalue weighted by atomic mass is 16.6. The molecule has 1 rings (SSSR count). The van der Waals surface area contributed by atoms with E-state index in [2.05, 4.69) is 22.0 Å². The van der Waals surface area contributed by atoms with Crippen LogP contribution in [-0.2, 0) is 28.6 Å². The van der Waals surface area contributed by atoms with E-state index in [1.54, 1.807) is 13.8 Å². The summed E-state index contributed by atoms with van der Waals surface area (Å²) in [6.07, 6.45) is 5.05. The second-order valence-corrected chi connectivity index (χ2v) is 5.88. The molecule has 0 aromatic carbocycles. The van der Waals surface area contributed by atoms with Gasteiger partial charge in [0.15, 0.2) is 0 Å². The summed E-state index contributed by atoms with van der Waals surface area (Å²) in [7, 11) is 0. The molecule has 0 radical (unpaired) electrons. The number of amides is 1. The molecule has 1 amide bonds. The maximum Gasteiger partial charge on any atom is 0.396 e. The maximum atomic E-state index is 11.2. The summed E-state index contributed by atoms with van der Waals surface area (Å²) in [6, 6.07) is 0. The van der Waals surface area contributed by atoms with Gasteiger partial charge in [0.2, 0.25) is 0 Å². The van der Waals surface area contributed by atoms with Crippen LogP contribution in [0.1, 0.15) is 64.1 Å². The van der Waals surface area contributed by atoms with Gasteiger partial charge in [0, 0.05) is 0 Å². The Morgan fingerprint density at radius 2 is 1.58 bits per heavy atom. The highest BCUT2D eigenvalue weighted by molar-refractivity contribution is 6.32. The highest BCUT2D eigenvalue weighted by Crippen LogP contribution is 2.13. The first kappa shape index (κ1) is 27.9. The summed E-state index contributed by atoms with van der Waals surface area (Å²) in [6.45, 7) is 8.33. The number of carbonyl (C=O) groups excluding carboxylic acids is 4. The molecular formula is C20H32N2O9. The number of esters is 3. The minimum Gasteiger partial charge on any atom is -0.464 e. The van der Waals surface area contributed by atoms with E-state index in [9.17, 15) is 19.2 Å². The van der Waals surface area contributed by atoms with Crippen LogP contribution < -0.4 is 10.1 Å². The van der Waals surface area contributed by atoms with Crippen molar-refractivity contribution in [3.63, 3.8) is 0 Å². The van der Waals surface area contributed by atoms with Crippen molar-refractivity contribution in [2.45, 2.75) is 53.4 Å². The Balaban J connectivity index is 0.000000581. The van der Waals surface area contributed by atoms with Crippen molar-refractivity contribution in [2.75, 3.05) is 33.0 Å². The average Bonchev–Trinajstić information content (AvgIpc) is 3.22. The van der Waals surface area contributed by atoms with Crippen LogP contribution in [0.4, 0.5) is 0 Å². The molecule has 0 bridgehead atoms. The van der Waals surface area contributed by atoms with Gasteiger partial charge in [-0.1, -0.05) is 26.7 Å². The lowest BCUT2D eigenvalue weighted by molar-refractivity contribution is -0.155. The molecule has 0 aliphatic heterocycles. The Labute approximate surface area is 181 Å². The Kier molecular flexibility index (Phi) is 15.9. The Morgan fingerprint density at radius 1 is 0.935 bits per heavy atom. The third kappa shape index (κ3) is 13.7. The predicted octanol–water partition coefficient (Wildman–Crippen LogP) is 2.04. The fourth-order valence-corrected chi connectivity index (χ4v) is 1.73. The largest absolute Gasteiger partial charge is 0.464 e. The van der Waals surface area contributed by atoms with Crippen LogP contribution in [0.15, 0.2) is 10.6 Å². The number of nitrogens with zero attached hydrogens (tertiary/aromatic N) is 1. The van der Waals surface area contributed by atoms with Crippen LogP contribution in [0.5, 0.6) is 5.95 Å². The van der Waals surface area contributed by atoms with E-state index in [1.165, 1.54) is 6.20 Å². The van der Waals surface area contributed by atoms with Crippen molar-refractivity contribution in [1.82, 2.24) is 10.3 Å². The third-order valence-corrected chi connectivity index (χ3v) is 3.29. The molecular weight excluding hydrogens is 412 g/mol. The van der Waals surface area contributed by atoms with Crippen LogP contribution in [-0.4, -0.2) is 61.8 Å². The summed E-state index contributed by atoms with van der Waals surface area (Å²) in [5, 5.41) is 2.11. The number of aromatic nitrogens is 1. The SMILES string of the molecule is CCCCOC(=O)CNC(=O)C(=O)OCC.CCCCOc1cnc(C(=O)OCC)o1. The van der Waals surface area contributed by atoms with Gasteiger partial charge in [-0.05, 0) is 26.7 Å². The van der Waals surface area contributed by atoms with Gasteiger partial charge in [-0.2, -0.15) is 0 Å². The van der Waals surface area contributed by atoms with Crippen LogP contribution in [0.2, 0.25) is 0 Å². The molecule has 1 N–H and O–H groups in total. The number of hydrogen-bond donors (Lipinski definition) is 1. The van der Waals surface area contributed by atoms with Gasteiger partial charge in [0.05, 0.1) is 26.4 Å². The zero-order valence-electron chi connectivity index (χ0n) is 18.6. The summed E-state index contributed by atoms with van der Waals surface area (Å²) in [5.41, 5.74) is 0. The summed E-state index contributed by atoms with van der Waals surface area (Å²) in [4.78, 5) is 47.7. The lowest BCUT2D eigenvalue weighted by atomic mass is 10.4. The normalized spacial score (nSPS) is 9.68. The van der Waals surface area contributed by atoms with Crippen molar-refractivity contribution in [3.05, 3.63) is 12.1 Å². The van der Waals surface area contributed by atoms with Crippen molar-refractivity contribution in [2.24, 2.45) is 0 Å². The molecule has 0 aliphatic rings. The number of rotatable bonds is 12. The molecule has 0 fully saturated rings. The Morgan fingerprint density at radius 3 is 2.19 bits per heavy atom. The minimum atomic E-state index is -0.996. The topological polar surface area (TPSA) is 143 Å². The first-order valence-corrected chi connectivity index (χ1v) is 10.3. The second kappa shape index (κ2) is 17.7. The third-order valence-electron chi connectivity index (χ3n) is 3.29. The van der Waals surface area contributed by atoms with Gasteiger partial charge in [-0.25, -0.2) is 14.6 Å². The molecule has 0 spiro atoms. The van der Waals surface area contributed by atoms with Crippen molar-refractivity contribution in [3.8, 4) is 5.95 Å². The van der Waals surface area contributed by atoms with E-state index >= 15 is 0 Å². The van der Waals surface area contributed by atoms with Gasteiger partial charge < -0.3 is 28.7 Å². The number of ether oxygens (including phenoxy) is 4. The molecule has 0 saturated carbocycles. The van der Waals surface area contributed by atoms with Gasteiger partial charge in [-0.3, -0.25) is 9.59 Å². The Bertz CT molecular complexity index is 673. The highest BCUT2D eigenvalue weighted by Gasteiger charge is 2.16. The summed E-state index contributed by atoms with van der Waals surface area (Å²) >= 11 is 0. The molecule has 11 nitrogen and oxygen atoms in total. The average molecular weight is 444 g/mol. The lowest BCUT2D eigenvalue weighted by Gasteiger charge is -2.05. The van der Waals surface area contributed by atoms with Crippen LogP contribution in [0, 0.1) is 0 Å². The van der Waals surface area contributed by atoms with E-state index in [0.29, 0.717) is 19.8 Å². The molecule has 1 heterocycles. The molecule has 0 unspecified atom stereocenters. The number of carbonyl (C=O) groups is 4. The smallest absolute Gasteiger partial charge is 0.396 e. The van der Waals surface area contributed by atoms with E-state index in [-0.39, 0.29) is 25.0 Å². The van der Waals surface area contributed by atoms with Gasteiger partial charge >= 0.3 is 35.7 Å². The fraction of sp³-hybridized carbons (Fsp3) is 0.650. The van der Waals surface area contributed by atoms with Crippen LogP contribution in [0.25, 0.3) is 0 Å². The summed E-state index contributed by atoms with van der Waals surface area (Å²) < 4.78 is 24.2. The number of oxazole rings is 1. The van der Waals surface area contributed by atoms with Gasteiger partial charge in [0.25, 0.3) is 0 Å². The zero-order chi connectivity index (χ0) is 23.5. The number of unbranched alkanes of at least 4 members (excludes halogenated alkanes) is 2. The van der Waals surface area contributed by atoms with Crippen molar-refractivity contribution in [1.29, 1.82) is 0 Å². The van der Waals surface area contributed by atoms with Crippen LogP contribution in [0.3, 0.4) is 0 Å². The molecule has 1 aromatic rings. The fourth-order valence-electron chi connectivity index (χ4n) is 1.73. The molecule has 0 atom stereocenters. The molecule has 0 saturated heterocycles. The van der Waals surface area contributed by atoms with E-state index in [4.69, 9.17) is 18.6 Å². The van der Waals surface area contributed by atoms with Crippen molar-refractivity contribution >= 4 is 23.8 Å². The van der Waals surface area contributed by atoms with Crippen molar-refractivity contribution < 1.29 is 42.5 Å². The second-order valence-electron chi connectivity index (χ2n) is 5.88. The number of nitrogens with one attached hydrogen (secondary N) is 1. The molecule has 1 aromatic heterocycles. The van der Waals surface area contributed by atoms with Gasteiger partial charge in [-0.15, -0.1) is 0 Å². The zero-order valence-corrected chi connectivity index (χ0v) is 18.6. The minimum absolute atomic E-state index is 0.0663. The molecule has 176 valence electrons. The Hall–Kier alpha value is -3.11. The van der Waals surface area contributed by atoms with E-state index in [0.717, 1.165) is 25.7 Å². The lowest BCUT2D eigenvalue weighted by Crippen LogP contribution is -2.36. The van der Waals surface area contributed by atoms with E-state index in [1.807, 2.05) is 6.92 Å². The van der Waals surface area contributed by atoms with Crippen LogP contribution >= 0.6 is 0 Å². The maximum absolute atomic E-state index is 11.2. The number of hydrogen-bond acceptors (Lipinski definition) is 10.